The fourth-order valence-electron chi connectivity index (χ4n) is 2.76. The highest BCUT2D eigenvalue weighted by atomic mass is 16.2. The number of carbonyl (C=O) groups excluding carboxylic acids is 2. The molecule has 2 amide bonds. The van der Waals surface area contributed by atoms with E-state index in [1.54, 1.807) is 30.6 Å². The lowest BCUT2D eigenvalue weighted by atomic mass is 10.1. The Morgan fingerprint density at radius 2 is 2.18 bits per heavy atom. The summed E-state index contributed by atoms with van der Waals surface area (Å²) in [5, 5.41) is 4.52. The number of hydrogen-bond donors (Lipinski definition) is 3. The molecule has 0 radical (unpaired) electrons. The number of nitrogens with one attached hydrogen (secondary N) is 2. The maximum atomic E-state index is 12.1. The van der Waals surface area contributed by atoms with Crippen LogP contribution >= 0.6 is 0 Å². The molecule has 0 atom stereocenters. The molecule has 0 unspecified atom stereocenters. The van der Waals surface area contributed by atoms with Crippen LogP contribution in [0.4, 0.5) is 4.79 Å². The Labute approximate surface area is 123 Å². The van der Waals surface area contributed by atoms with Crippen molar-refractivity contribution in [2.75, 3.05) is 0 Å². The molecule has 3 aromatic rings. The standard InChI is InChI=1S/C14H10N6O2/c15-14(22)20-9-3-1-2-7-10(9)8(6-18-19-13(7)21)11(20)12-16-4-5-17-12/h1-6H,(H2,15,22)(H,16,17)(H,19,21). The molecular weight excluding hydrogens is 284 g/mol. The molecule has 0 saturated carbocycles. The van der Waals surface area contributed by atoms with Gasteiger partial charge in [-0.15, -0.1) is 0 Å². The van der Waals surface area contributed by atoms with Gasteiger partial charge in [0.25, 0.3) is 5.91 Å². The van der Waals surface area contributed by atoms with Gasteiger partial charge in [-0.1, -0.05) is 6.07 Å². The third-order valence-corrected chi connectivity index (χ3v) is 3.58. The van der Waals surface area contributed by atoms with Crippen molar-refractivity contribution in [1.82, 2.24) is 20.0 Å². The normalized spacial score (nSPS) is 13.2. The van der Waals surface area contributed by atoms with Crippen molar-refractivity contribution in [3.05, 3.63) is 41.7 Å². The Balaban J connectivity index is 2.25. The van der Waals surface area contributed by atoms with E-state index in [1.807, 2.05) is 0 Å². The number of aromatic amines is 1. The third kappa shape index (κ3) is 1.51. The van der Waals surface area contributed by atoms with Gasteiger partial charge >= 0.3 is 6.03 Å². The predicted molar refractivity (Wildman–Crippen MR) is 79.6 cm³/mol. The molecule has 4 N–H and O–H groups in total. The van der Waals surface area contributed by atoms with Gasteiger partial charge in [-0.25, -0.2) is 15.2 Å². The van der Waals surface area contributed by atoms with Gasteiger partial charge in [0.1, 0.15) is 5.69 Å². The number of carbonyl (C=O) groups is 2. The minimum atomic E-state index is -0.658. The molecule has 3 heterocycles. The molecule has 108 valence electrons. The number of nitrogens with zero attached hydrogens (tertiary/aromatic N) is 3. The van der Waals surface area contributed by atoms with E-state index in [1.165, 1.54) is 10.8 Å². The Hall–Kier alpha value is -3.42. The zero-order valence-electron chi connectivity index (χ0n) is 11.2. The minimum Gasteiger partial charge on any atom is -0.351 e. The van der Waals surface area contributed by atoms with Gasteiger partial charge in [0, 0.05) is 23.3 Å². The van der Waals surface area contributed by atoms with Crippen molar-refractivity contribution >= 4 is 29.1 Å². The van der Waals surface area contributed by atoms with Crippen molar-refractivity contribution in [2.24, 2.45) is 10.8 Å². The van der Waals surface area contributed by atoms with Gasteiger partial charge in [-0.3, -0.25) is 9.36 Å². The number of imidazole rings is 1. The number of amides is 2. The fourth-order valence-corrected chi connectivity index (χ4v) is 2.76. The monoisotopic (exact) mass is 294 g/mol. The van der Waals surface area contributed by atoms with Gasteiger partial charge < -0.3 is 10.7 Å². The molecule has 4 rings (SSSR count). The molecule has 0 spiro atoms. The quantitative estimate of drug-likeness (QED) is 0.622. The lowest BCUT2D eigenvalue weighted by Gasteiger charge is -2.05. The molecule has 0 bridgehead atoms. The average Bonchev–Trinajstić information content (AvgIpc) is 3.08. The SMILES string of the molecule is NC(=O)n1c(-c2ncc[nH]2)c2c3c(cccc31)C(=O)NN=C2. The first-order chi connectivity index (χ1) is 10.7. The van der Waals surface area contributed by atoms with Gasteiger partial charge in [-0.05, 0) is 12.1 Å². The summed E-state index contributed by atoms with van der Waals surface area (Å²) in [5.74, 6) is 0.130. The first-order valence-electron chi connectivity index (χ1n) is 6.49. The van der Waals surface area contributed by atoms with Crippen LogP contribution in [0.1, 0.15) is 15.9 Å². The number of nitrogens with two attached hydrogens (primary N) is 1. The van der Waals surface area contributed by atoms with Crippen molar-refractivity contribution in [2.45, 2.75) is 0 Å². The van der Waals surface area contributed by atoms with E-state index < -0.39 is 6.03 Å². The maximum Gasteiger partial charge on any atom is 0.324 e. The second-order valence-electron chi connectivity index (χ2n) is 4.77. The van der Waals surface area contributed by atoms with E-state index in [2.05, 4.69) is 20.5 Å². The smallest absolute Gasteiger partial charge is 0.324 e. The number of rotatable bonds is 1. The first-order valence-corrected chi connectivity index (χ1v) is 6.49. The van der Waals surface area contributed by atoms with Gasteiger partial charge in [0.05, 0.1) is 17.3 Å². The summed E-state index contributed by atoms with van der Waals surface area (Å²) < 4.78 is 1.33. The number of hydrogen-bond acceptors (Lipinski definition) is 4. The molecule has 8 nitrogen and oxygen atoms in total. The van der Waals surface area contributed by atoms with Gasteiger partial charge in [0.15, 0.2) is 5.82 Å². The summed E-state index contributed by atoms with van der Waals surface area (Å²) in [6.07, 6.45) is 4.71. The Morgan fingerprint density at radius 3 is 2.91 bits per heavy atom. The first kappa shape index (κ1) is 12.3. The van der Waals surface area contributed by atoms with Gasteiger partial charge in [0.2, 0.25) is 0 Å². The van der Waals surface area contributed by atoms with Crippen LogP contribution in [0.15, 0.2) is 35.7 Å². The molecule has 22 heavy (non-hydrogen) atoms. The van der Waals surface area contributed by atoms with E-state index >= 15 is 0 Å². The zero-order chi connectivity index (χ0) is 15.3. The molecule has 8 heteroatoms. The number of hydrazone groups is 1. The van der Waals surface area contributed by atoms with Crippen LogP contribution in [0.25, 0.3) is 22.4 Å². The minimum absolute atomic E-state index is 0.340. The average molecular weight is 294 g/mol. The molecule has 1 aliphatic heterocycles. The Bertz CT molecular complexity index is 952. The van der Waals surface area contributed by atoms with Crippen LogP contribution in [0, 0.1) is 0 Å². The van der Waals surface area contributed by atoms with Crippen LogP contribution in [0.3, 0.4) is 0 Å². The Kier molecular flexibility index (Phi) is 2.40. The van der Waals surface area contributed by atoms with Gasteiger partial charge in [-0.2, -0.15) is 5.10 Å². The highest BCUT2D eigenvalue weighted by Crippen LogP contribution is 2.33. The second kappa shape index (κ2) is 4.29. The predicted octanol–water partition coefficient (Wildman–Crippen LogP) is 1.04. The maximum absolute atomic E-state index is 12.1. The number of H-pyrrole nitrogens is 1. The van der Waals surface area contributed by atoms with Crippen LogP contribution in [0.2, 0.25) is 0 Å². The lowest BCUT2D eigenvalue weighted by Crippen LogP contribution is -2.21. The van der Waals surface area contributed by atoms with E-state index in [-0.39, 0.29) is 5.91 Å². The second-order valence-corrected chi connectivity index (χ2v) is 4.77. The van der Waals surface area contributed by atoms with Crippen LogP contribution in [0.5, 0.6) is 0 Å². The number of benzene rings is 1. The molecular formula is C14H10N6O2. The molecule has 0 aliphatic carbocycles. The van der Waals surface area contributed by atoms with Crippen LogP contribution in [-0.2, 0) is 0 Å². The van der Waals surface area contributed by atoms with E-state index in [4.69, 9.17) is 5.73 Å². The largest absolute Gasteiger partial charge is 0.351 e. The summed E-state index contributed by atoms with van der Waals surface area (Å²) in [7, 11) is 0. The zero-order valence-corrected chi connectivity index (χ0v) is 11.2. The summed E-state index contributed by atoms with van der Waals surface area (Å²) >= 11 is 0. The summed E-state index contributed by atoms with van der Waals surface area (Å²) in [4.78, 5) is 31.2. The van der Waals surface area contributed by atoms with Crippen molar-refractivity contribution in [1.29, 1.82) is 0 Å². The van der Waals surface area contributed by atoms with Crippen LogP contribution in [-0.4, -0.2) is 32.7 Å². The Morgan fingerprint density at radius 1 is 1.32 bits per heavy atom. The topological polar surface area (TPSA) is 118 Å². The van der Waals surface area contributed by atoms with Crippen molar-refractivity contribution in [3.63, 3.8) is 0 Å². The third-order valence-electron chi connectivity index (χ3n) is 3.58. The van der Waals surface area contributed by atoms with E-state index in [0.29, 0.717) is 33.5 Å². The van der Waals surface area contributed by atoms with E-state index in [9.17, 15) is 9.59 Å². The van der Waals surface area contributed by atoms with Crippen molar-refractivity contribution < 1.29 is 9.59 Å². The molecule has 0 saturated heterocycles. The fraction of sp³-hybridized carbons (Fsp3) is 0. The van der Waals surface area contributed by atoms with E-state index in [0.717, 1.165) is 0 Å². The number of primary amides is 1. The number of aromatic nitrogens is 3. The summed E-state index contributed by atoms with van der Waals surface area (Å²) in [6.45, 7) is 0. The highest BCUT2D eigenvalue weighted by Gasteiger charge is 2.26. The summed E-state index contributed by atoms with van der Waals surface area (Å²) in [5.41, 5.74) is 10.0. The molecule has 0 fully saturated rings. The summed E-state index contributed by atoms with van der Waals surface area (Å²) in [6, 6.07) is 4.44. The molecule has 1 aliphatic rings. The van der Waals surface area contributed by atoms with Crippen molar-refractivity contribution in [3.8, 4) is 11.5 Å². The molecule has 2 aromatic heterocycles. The highest BCUT2D eigenvalue weighted by molar-refractivity contribution is 6.19. The molecule has 1 aromatic carbocycles. The van der Waals surface area contributed by atoms with Crippen LogP contribution < -0.4 is 11.2 Å². The lowest BCUT2D eigenvalue weighted by molar-refractivity contribution is 0.0957.